The molecule has 0 saturated carbocycles. The number of ether oxygens (including phenoxy) is 1. The average molecular weight is 441 g/mol. The number of allylic oxidation sites excluding steroid dienone is 3. The van der Waals surface area contributed by atoms with Crippen LogP contribution >= 0.6 is 23.2 Å². The maximum absolute atomic E-state index is 13.3. The molecule has 1 heterocycles. The van der Waals surface area contributed by atoms with Gasteiger partial charge in [0.1, 0.15) is 28.1 Å². The van der Waals surface area contributed by atoms with Gasteiger partial charge in [-0.2, -0.15) is 0 Å². The van der Waals surface area contributed by atoms with E-state index in [1.807, 2.05) is 61.5 Å². The van der Waals surface area contributed by atoms with Crippen molar-refractivity contribution in [2.75, 3.05) is 13.2 Å². The third-order valence-corrected chi connectivity index (χ3v) is 5.57. The molecule has 0 radical (unpaired) electrons. The van der Waals surface area contributed by atoms with Gasteiger partial charge in [-0.3, -0.25) is 9.59 Å². The molecule has 0 saturated heterocycles. The lowest BCUT2D eigenvalue weighted by molar-refractivity contribution is -0.114. The molecule has 7 heteroatoms. The predicted molar refractivity (Wildman–Crippen MR) is 119 cm³/mol. The molecule has 30 heavy (non-hydrogen) atoms. The molecule has 3 aromatic rings. The Labute approximate surface area is 183 Å². The summed E-state index contributed by atoms with van der Waals surface area (Å²) in [6.07, 6.45) is 0. The minimum Gasteiger partial charge on any atom is -0.492 e. The van der Waals surface area contributed by atoms with Gasteiger partial charge in [0.25, 0.3) is 0 Å². The summed E-state index contributed by atoms with van der Waals surface area (Å²) in [6.45, 7) is 2.42. The number of para-hydroxylation sites is 2. The van der Waals surface area contributed by atoms with Crippen LogP contribution in [0.3, 0.4) is 0 Å². The third kappa shape index (κ3) is 3.62. The van der Waals surface area contributed by atoms with E-state index in [9.17, 15) is 9.59 Å². The van der Waals surface area contributed by atoms with E-state index in [0.717, 1.165) is 16.6 Å². The summed E-state index contributed by atoms with van der Waals surface area (Å²) >= 11 is 12.5. The standard InChI is InChI=1S/C23H18Cl2N2O3/c1-13-17(15-9-5-6-10-16(15)27-13)18-19(24)23(29)20(25)21(22(18)28)26-11-12-30-14-7-3-2-4-8-14/h2-10,26-27H,11-12H2,1H3. The van der Waals surface area contributed by atoms with E-state index < -0.39 is 11.6 Å². The fourth-order valence-corrected chi connectivity index (χ4v) is 4.06. The van der Waals surface area contributed by atoms with Crippen LogP contribution < -0.4 is 10.1 Å². The number of hydrogen-bond acceptors (Lipinski definition) is 4. The fraction of sp³-hybridized carbons (Fsp3) is 0.130. The topological polar surface area (TPSA) is 71.2 Å². The van der Waals surface area contributed by atoms with Gasteiger partial charge in [-0.05, 0) is 25.1 Å². The molecule has 2 N–H and O–H groups in total. The number of aryl methyl sites for hydroxylation is 1. The predicted octanol–water partition coefficient (Wildman–Crippen LogP) is 4.70. The number of hydrogen-bond donors (Lipinski definition) is 2. The van der Waals surface area contributed by atoms with Crippen LogP contribution in [0.5, 0.6) is 5.75 Å². The van der Waals surface area contributed by atoms with Gasteiger partial charge in [-0.1, -0.05) is 59.6 Å². The monoisotopic (exact) mass is 440 g/mol. The number of carbonyl (C=O) groups excluding carboxylic acids is 2. The number of aromatic nitrogens is 1. The van der Waals surface area contributed by atoms with Crippen LogP contribution in [0.25, 0.3) is 16.5 Å². The Balaban J connectivity index is 1.60. The second-order valence-electron chi connectivity index (χ2n) is 6.80. The van der Waals surface area contributed by atoms with Crippen molar-refractivity contribution in [1.29, 1.82) is 0 Å². The molecular formula is C23H18Cl2N2O3. The largest absolute Gasteiger partial charge is 0.492 e. The first-order valence-corrected chi connectivity index (χ1v) is 10.1. The Morgan fingerprint density at radius 2 is 1.63 bits per heavy atom. The molecule has 152 valence electrons. The first-order valence-electron chi connectivity index (χ1n) is 9.37. The van der Waals surface area contributed by atoms with E-state index >= 15 is 0 Å². The molecule has 0 amide bonds. The highest BCUT2D eigenvalue weighted by Crippen LogP contribution is 2.38. The summed E-state index contributed by atoms with van der Waals surface area (Å²) in [4.78, 5) is 29.2. The summed E-state index contributed by atoms with van der Waals surface area (Å²) in [5.41, 5.74) is 2.39. The molecule has 4 rings (SSSR count). The lowest BCUT2D eigenvalue weighted by atomic mass is 9.91. The number of halogens is 2. The van der Waals surface area contributed by atoms with Crippen molar-refractivity contribution in [3.8, 4) is 5.75 Å². The van der Waals surface area contributed by atoms with Gasteiger partial charge in [0.05, 0.1) is 5.57 Å². The Morgan fingerprint density at radius 3 is 2.40 bits per heavy atom. The van der Waals surface area contributed by atoms with Crippen LogP contribution in [0.15, 0.2) is 70.4 Å². The van der Waals surface area contributed by atoms with Crippen LogP contribution in [0.1, 0.15) is 11.3 Å². The molecule has 0 bridgehead atoms. The van der Waals surface area contributed by atoms with E-state index in [0.29, 0.717) is 11.3 Å². The Hall–Kier alpha value is -3.02. The van der Waals surface area contributed by atoms with Crippen molar-refractivity contribution in [1.82, 2.24) is 10.3 Å². The van der Waals surface area contributed by atoms with Crippen LogP contribution in [0, 0.1) is 6.92 Å². The molecule has 1 aromatic heterocycles. The molecule has 0 spiro atoms. The van der Waals surface area contributed by atoms with E-state index in [-0.39, 0.29) is 34.5 Å². The van der Waals surface area contributed by atoms with Gasteiger partial charge in [-0.15, -0.1) is 0 Å². The zero-order valence-electron chi connectivity index (χ0n) is 16.1. The number of ketones is 2. The lowest BCUT2D eigenvalue weighted by Gasteiger charge is -2.20. The summed E-state index contributed by atoms with van der Waals surface area (Å²) in [5, 5.41) is 3.37. The molecule has 0 fully saturated rings. The number of rotatable bonds is 6. The van der Waals surface area contributed by atoms with Gasteiger partial charge in [0.2, 0.25) is 11.6 Å². The Morgan fingerprint density at radius 1 is 0.933 bits per heavy atom. The molecule has 5 nitrogen and oxygen atoms in total. The van der Waals surface area contributed by atoms with Crippen molar-refractivity contribution < 1.29 is 14.3 Å². The number of fused-ring (bicyclic) bond motifs is 1. The van der Waals surface area contributed by atoms with Crippen LogP contribution in [-0.4, -0.2) is 29.7 Å². The van der Waals surface area contributed by atoms with E-state index in [1.165, 1.54) is 0 Å². The number of benzene rings is 2. The first-order chi connectivity index (χ1) is 14.5. The summed E-state index contributed by atoms with van der Waals surface area (Å²) in [5.74, 6) is -0.287. The maximum Gasteiger partial charge on any atom is 0.218 e. The quantitative estimate of drug-likeness (QED) is 0.430. The molecular weight excluding hydrogens is 423 g/mol. The number of Topliss-reactive ketones (excluding diaryl/α,β-unsaturated/α-hetero) is 2. The normalized spacial score (nSPS) is 14.6. The number of carbonyl (C=O) groups is 2. The summed E-state index contributed by atoms with van der Waals surface area (Å²) < 4.78 is 5.62. The summed E-state index contributed by atoms with van der Waals surface area (Å²) in [7, 11) is 0. The van der Waals surface area contributed by atoms with Crippen molar-refractivity contribution in [3.05, 3.63) is 81.6 Å². The van der Waals surface area contributed by atoms with Gasteiger partial charge < -0.3 is 15.0 Å². The molecule has 0 atom stereocenters. The van der Waals surface area contributed by atoms with Crippen molar-refractivity contribution in [3.63, 3.8) is 0 Å². The molecule has 0 unspecified atom stereocenters. The highest BCUT2D eigenvalue weighted by molar-refractivity contribution is 6.63. The smallest absolute Gasteiger partial charge is 0.218 e. The number of aromatic amines is 1. The number of nitrogens with one attached hydrogen (secondary N) is 2. The molecule has 1 aliphatic carbocycles. The van der Waals surface area contributed by atoms with Crippen molar-refractivity contribution in [2.24, 2.45) is 0 Å². The SMILES string of the molecule is Cc1[nH]c2ccccc2c1C1=C(Cl)C(=O)C(Cl)=C(NCCOc2ccccc2)C1=O. The van der Waals surface area contributed by atoms with Crippen LogP contribution in [-0.2, 0) is 9.59 Å². The van der Waals surface area contributed by atoms with Crippen LogP contribution in [0.2, 0.25) is 0 Å². The minimum absolute atomic E-state index is 0.0300. The third-order valence-electron chi connectivity index (χ3n) is 4.85. The second-order valence-corrected chi connectivity index (χ2v) is 7.55. The zero-order valence-corrected chi connectivity index (χ0v) is 17.6. The molecule has 1 aliphatic rings. The van der Waals surface area contributed by atoms with Crippen molar-refractivity contribution in [2.45, 2.75) is 6.92 Å². The average Bonchev–Trinajstić information content (AvgIpc) is 3.08. The van der Waals surface area contributed by atoms with Gasteiger partial charge >= 0.3 is 0 Å². The van der Waals surface area contributed by atoms with E-state index in [1.54, 1.807) is 0 Å². The summed E-state index contributed by atoms with van der Waals surface area (Å²) in [6, 6.07) is 16.8. The van der Waals surface area contributed by atoms with E-state index in [4.69, 9.17) is 27.9 Å². The van der Waals surface area contributed by atoms with Gasteiger partial charge in [-0.25, -0.2) is 0 Å². The Bertz CT molecular complexity index is 1210. The van der Waals surface area contributed by atoms with Gasteiger partial charge in [0, 0.05) is 28.7 Å². The highest BCUT2D eigenvalue weighted by Gasteiger charge is 2.35. The number of H-pyrrole nitrogens is 1. The minimum atomic E-state index is -0.580. The van der Waals surface area contributed by atoms with E-state index in [2.05, 4.69) is 10.3 Å². The van der Waals surface area contributed by atoms with Crippen LogP contribution in [0.4, 0.5) is 0 Å². The fourth-order valence-electron chi connectivity index (χ4n) is 3.49. The van der Waals surface area contributed by atoms with Crippen molar-refractivity contribution >= 4 is 51.2 Å². The first kappa shape index (κ1) is 20.3. The molecule has 0 aliphatic heterocycles. The lowest BCUT2D eigenvalue weighted by Crippen LogP contribution is -2.31. The molecule has 2 aromatic carbocycles. The highest BCUT2D eigenvalue weighted by atomic mass is 35.5. The zero-order chi connectivity index (χ0) is 21.3. The second kappa shape index (κ2) is 8.38. The Kier molecular flexibility index (Phi) is 5.66. The maximum atomic E-state index is 13.3. The van der Waals surface area contributed by atoms with Gasteiger partial charge in [0.15, 0.2) is 0 Å².